The van der Waals surface area contributed by atoms with E-state index in [4.69, 9.17) is 0 Å². The summed E-state index contributed by atoms with van der Waals surface area (Å²) >= 11 is 1.43. The molecule has 0 aliphatic rings. The van der Waals surface area contributed by atoms with E-state index in [1.807, 2.05) is 13.0 Å². The highest BCUT2D eigenvalue weighted by molar-refractivity contribution is 7.98. The monoisotopic (exact) mass is 262 g/mol. The largest absolute Gasteiger partial charge is 0.296 e. The van der Waals surface area contributed by atoms with Gasteiger partial charge in [0.25, 0.3) is 0 Å². The minimum atomic E-state index is -0.265. The highest BCUT2D eigenvalue weighted by atomic mass is 32.2. The standard InChI is InChI=1S/C13H11FN2OS/c1-9-5-11(7-17)16-13(15-9)8-18-12-4-2-3-10(14)6-12/h2-7H,8H2,1H3. The van der Waals surface area contributed by atoms with E-state index in [1.54, 1.807) is 12.1 Å². The molecule has 0 aliphatic heterocycles. The van der Waals surface area contributed by atoms with Crippen LogP contribution in [-0.4, -0.2) is 16.3 Å². The number of carbonyl (C=O) groups is 1. The zero-order valence-electron chi connectivity index (χ0n) is 9.76. The van der Waals surface area contributed by atoms with Crippen molar-refractivity contribution in [2.75, 3.05) is 0 Å². The molecule has 0 fully saturated rings. The summed E-state index contributed by atoms with van der Waals surface area (Å²) in [7, 11) is 0. The van der Waals surface area contributed by atoms with Crippen molar-refractivity contribution in [2.45, 2.75) is 17.6 Å². The first-order valence-electron chi connectivity index (χ1n) is 5.35. The van der Waals surface area contributed by atoms with Crippen LogP contribution in [0.25, 0.3) is 0 Å². The van der Waals surface area contributed by atoms with Crippen molar-refractivity contribution in [1.82, 2.24) is 9.97 Å². The maximum atomic E-state index is 13.0. The molecular formula is C13H11FN2OS. The van der Waals surface area contributed by atoms with Crippen LogP contribution in [0.1, 0.15) is 22.0 Å². The molecule has 18 heavy (non-hydrogen) atoms. The van der Waals surface area contributed by atoms with Gasteiger partial charge in [-0.25, -0.2) is 14.4 Å². The summed E-state index contributed by atoms with van der Waals surface area (Å²) < 4.78 is 13.0. The molecule has 0 radical (unpaired) electrons. The molecule has 1 aromatic carbocycles. The maximum Gasteiger partial charge on any atom is 0.168 e. The first kappa shape index (κ1) is 12.7. The SMILES string of the molecule is Cc1cc(C=O)nc(CSc2cccc(F)c2)n1. The Morgan fingerprint density at radius 1 is 1.33 bits per heavy atom. The van der Waals surface area contributed by atoms with E-state index < -0.39 is 0 Å². The molecule has 0 spiro atoms. The third kappa shape index (κ3) is 3.37. The number of aryl methyl sites for hydroxylation is 1. The molecule has 0 unspecified atom stereocenters. The van der Waals surface area contributed by atoms with Gasteiger partial charge < -0.3 is 0 Å². The zero-order valence-corrected chi connectivity index (χ0v) is 10.6. The van der Waals surface area contributed by atoms with Crippen molar-refractivity contribution < 1.29 is 9.18 Å². The molecular weight excluding hydrogens is 251 g/mol. The predicted octanol–water partition coefficient (Wildman–Crippen LogP) is 3.03. The van der Waals surface area contributed by atoms with Crippen LogP contribution in [0, 0.1) is 12.7 Å². The Kier molecular flexibility index (Phi) is 4.04. The highest BCUT2D eigenvalue weighted by Gasteiger charge is 2.03. The fourth-order valence-electron chi connectivity index (χ4n) is 1.49. The van der Waals surface area contributed by atoms with E-state index in [-0.39, 0.29) is 5.82 Å². The third-order valence-corrected chi connectivity index (χ3v) is 3.19. The van der Waals surface area contributed by atoms with E-state index >= 15 is 0 Å². The minimum absolute atomic E-state index is 0.265. The van der Waals surface area contributed by atoms with Crippen LogP contribution in [0.3, 0.4) is 0 Å². The van der Waals surface area contributed by atoms with Crippen LogP contribution in [0.2, 0.25) is 0 Å². The molecule has 3 nitrogen and oxygen atoms in total. The fraction of sp³-hybridized carbons (Fsp3) is 0.154. The molecule has 0 N–H and O–H groups in total. The van der Waals surface area contributed by atoms with Crippen LogP contribution < -0.4 is 0 Å². The van der Waals surface area contributed by atoms with Crippen LogP contribution in [0.5, 0.6) is 0 Å². The molecule has 0 saturated carbocycles. The van der Waals surface area contributed by atoms with Gasteiger partial charge in [-0.3, -0.25) is 4.79 Å². The van der Waals surface area contributed by atoms with Crippen molar-refractivity contribution in [3.05, 3.63) is 53.4 Å². The number of rotatable bonds is 4. The Morgan fingerprint density at radius 2 is 2.17 bits per heavy atom. The van der Waals surface area contributed by atoms with E-state index in [0.717, 1.165) is 10.6 Å². The number of aldehydes is 1. The number of carbonyl (C=O) groups excluding carboxylic acids is 1. The fourth-order valence-corrected chi connectivity index (χ4v) is 2.28. The van der Waals surface area contributed by atoms with Crippen LogP contribution in [0.15, 0.2) is 35.2 Å². The van der Waals surface area contributed by atoms with Gasteiger partial charge in [0.1, 0.15) is 17.3 Å². The van der Waals surface area contributed by atoms with Gasteiger partial charge in [-0.05, 0) is 31.2 Å². The minimum Gasteiger partial charge on any atom is -0.296 e. The van der Waals surface area contributed by atoms with Crippen LogP contribution >= 0.6 is 11.8 Å². The lowest BCUT2D eigenvalue weighted by Gasteiger charge is -2.03. The van der Waals surface area contributed by atoms with Gasteiger partial charge in [-0.2, -0.15) is 0 Å². The molecule has 1 aromatic heterocycles. The first-order valence-corrected chi connectivity index (χ1v) is 6.34. The summed E-state index contributed by atoms with van der Waals surface area (Å²) in [4.78, 5) is 19.8. The van der Waals surface area contributed by atoms with Gasteiger partial charge in [0.05, 0.1) is 5.75 Å². The summed E-state index contributed by atoms with van der Waals surface area (Å²) in [5.74, 6) is 0.816. The van der Waals surface area contributed by atoms with Crippen molar-refractivity contribution in [1.29, 1.82) is 0 Å². The van der Waals surface area contributed by atoms with Gasteiger partial charge >= 0.3 is 0 Å². The molecule has 0 amide bonds. The summed E-state index contributed by atoms with van der Waals surface area (Å²) in [6, 6.07) is 7.97. The molecule has 1 heterocycles. The summed E-state index contributed by atoms with van der Waals surface area (Å²) in [5, 5.41) is 0. The highest BCUT2D eigenvalue weighted by Crippen LogP contribution is 2.21. The van der Waals surface area contributed by atoms with Gasteiger partial charge in [-0.1, -0.05) is 6.07 Å². The Balaban J connectivity index is 2.10. The van der Waals surface area contributed by atoms with Gasteiger partial charge in [0.15, 0.2) is 6.29 Å². The number of nitrogens with zero attached hydrogens (tertiary/aromatic N) is 2. The Bertz CT molecular complexity index is 575. The van der Waals surface area contributed by atoms with Crippen molar-refractivity contribution in [2.24, 2.45) is 0 Å². The normalized spacial score (nSPS) is 10.3. The van der Waals surface area contributed by atoms with E-state index in [1.165, 1.54) is 23.9 Å². The van der Waals surface area contributed by atoms with Crippen molar-refractivity contribution >= 4 is 18.0 Å². The number of hydrogen-bond acceptors (Lipinski definition) is 4. The number of thioether (sulfide) groups is 1. The molecule has 92 valence electrons. The molecule has 0 aliphatic carbocycles. The maximum absolute atomic E-state index is 13.0. The number of aromatic nitrogens is 2. The van der Waals surface area contributed by atoms with Gasteiger partial charge in [0, 0.05) is 10.6 Å². The molecule has 0 bridgehead atoms. The van der Waals surface area contributed by atoms with Crippen LogP contribution in [0.4, 0.5) is 4.39 Å². The molecule has 0 atom stereocenters. The average Bonchev–Trinajstić information content (AvgIpc) is 2.36. The quantitative estimate of drug-likeness (QED) is 0.627. The Morgan fingerprint density at radius 3 is 2.89 bits per heavy atom. The second kappa shape index (κ2) is 5.73. The Hall–Kier alpha value is -1.75. The summed E-state index contributed by atoms with van der Waals surface area (Å²) in [5.41, 5.74) is 1.12. The zero-order chi connectivity index (χ0) is 13.0. The van der Waals surface area contributed by atoms with Gasteiger partial charge in [-0.15, -0.1) is 11.8 Å². The Labute approximate surface area is 108 Å². The second-order valence-corrected chi connectivity index (χ2v) is 4.76. The number of hydrogen-bond donors (Lipinski definition) is 0. The summed E-state index contributed by atoms with van der Waals surface area (Å²) in [6.07, 6.45) is 0.699. The first-order chi connectivity index (χ1) is 8.67. The topological polar surface area (TPSA) is 42.9 Å². The smallest absolute Gasteiger partial charge is 0.168 e. The molecule has 2 rings (SSSR count). The van der Waals surface area contributed by atoms with Crippen molar-refractivity contribution in [3.8, 4) is 0 Å². The number of halogens is 1. The van der Waals surface area contributed by atoms with Gasteiger partial charge in [0.2, 0.25) is 0 Å². The average molecular weight is 262 g/mol. The lowest BCUT2D eigenvalue weighted by molar-refractivity contribution is 0.111. The molecule has 0 saturated heterocycles. The third-order valence-electron chi connectivity index (χ3n) is 2.21. The molecule has 2 aromatic rings. The van der Waals surface area contributed by atoms with E-state index in [9.17, 15) is 9.18 Å². The summed E-state index contributed by atoms with van der Waals surface area (Å²) in [6.45, 7) is 1.81. The lowest BCUT2D eigenvalue weighted by atomic mass is 10.3. The molecule has 5 heteroatoms. The van der Waals surface area contributed by atoms with E-state index in [2.05, 4.69) is 9.97 Å². The van der Waals surface area contributed by atoms with Crippen molar-refractivity contribution in [3.63, 3.8) is 0 Å². The lowest BCUT2D eigenvalue weighted by Crippen LogP contribution is -1.99. The van der Waals surface area contributed by atoms with Crippen LogP contribution in [-0.2, 0) is 5.75 Å². The van der Waals surface area contributed by atoms with E-state index in [0.29, 0.717) is 23.6 Å². The predicted molar refractivity (Wildman–Crippen MR) is 68.1 cm³/mol. The second-order valence-electron chi connectivity index (χ2n) is 3.71. The number of benzene rings is 1.